The monoisotopic (exact) mass is 517 g/mol. The predicted molar refractivity (Wildman–Crippen MR) is 131 cm³/mol. The molecule has 0 bridgehead atoms. The molecule has 1 aromatic carbocycles. The van der Waals surface area contributed by atoms with Gasteiger partial charge in [0.1, 0.15) is 17.7 Å². The average molecular weight is 518 g/mol. The maximum absolute atomic E-state index is 14.8. The molecule has 1 saturated carbocycles. The Labute approximate surface area is 208 Å². The Morgan fingerprint density at radius 2 is 1.86 bits per heavy atom. The molecular formula is C25H29F2N3O5Si. The van der Waals surface area contributed by atoms with Crippen LogP contribution in [0.5, 0.6) is 5.88 Å². The Bertz CT molecular complexity index is 1210. The summed E-state index contributed by atoms with van der Waals surface area (Å²) < 4.78 is 34.8. The second kappa shape index (κ2) is 9.60. The molecule has 1 unspecified atom stereocenters. The van der Waals surface area contributed by atoms with E-state index in [0.717, 1.165) is 12.1 Å². The molecule has 2 amide bonds. The van der Waals surface area contributed by atoms with E-state index in [1.165, 1.54) is 12.0 Å². The SMILES string of the molecule is COc1ccc2c(n1)CCN(C(=O)[C@H]1C[C@@H]1CC(=O)O)C2C(=O)Nc1cc(F)c([Si](C)(C)C)c(F)c1. The van der Waals surface area contributed by atoms with Crippen LogP contribution in [0.25, 0.3) is 0 Å². The quantitative estimate of drug-likeness (QED) is 0.547. The van der Waals surface area contributed by atoms with Crippen molar-refractivity contribution in [2.45, 2.75) is 44.9 Å². The molecular weight excluding hydrogens is 488 g/mol. The van der Waals surface area contributed by atoms with Gasteiger partial charge in [0.15, 0.2) is 0 Å². The summed E-state index contributed by atoms with van der Waals surface area (Å²) in [7, 11) is -0.829. The zero-order valence-electron chi connectivity index (χ0n) is 20.6. The van der Waals surface area contributed by atoms with E-state index >= 15 is 0 Å². The molecule has 4 rings (SSSR count). The van der Waals surface area contributed by atoms with Crippen molar-refractivity contribution < 1.29 is 33.0 Å². The number of methoxy groups -OCH3 is 1. The third-order valence-electron chi connectivity index (χ3n) is 6.66. The van der Waals surface area contributed by atoms with Crippen LogP contribution >= 0.6 is 0 Å². The standard InChI is InChI=1S/C25H29F2N3O5Si/c1-35-20-6-5-15-19(29-20)7-8-30(25(34)16-9-13(16)10-21(31)32)22(15)24(33)28-14-11-17(26)23(18(27)12-14)36(2,3)4/h5-6,11-13,16,22H,7-10H2,1-4H3,(H,28,33)(H,31,32)/t13-,16+,22?/m1/s1. The summed E-state index contributed by atoms with van der Waals surface area (Å²) in [6.07, 6.45) is 0.712. The van der Waals surface area contributed by atoms with Gasteiger partial charge in [-0.3, -0.25) is 14.4 Å². The van der Waals surface area contributed by atoms with E-state index in [4.69, 9.17) is 9.84 Å². The number of nitrogens with zero attached hydrogens (tertiary/aromatic N) is 2. The maximum atomic E-state index is 14.8. The molecule has 8 nitrogen and oxygen atoms in total. The Morgan fingerprint density at radius 1 is 1.19 bits per heavy atom. The molecule has 36 heavy (non-hydrogen) atoms. The van der Waals surface area contributed by atoms with Crippen LogP contribution in [0.2, 0.25) is 19.6 Å². The number of anilines is 1. The summed E-state index contributed by atoms with van der Waals surface area (Å²) >= 11 is 0. The first kappa shape index (κ1) is 25.7. The normalized spacial score (nSPS) is 20.9. The van der Waals surface area contributed by atoms with Crippen LogP contribution in [0, 0.1) is 23.5 Å². The number of nitrogens with one attached hydrogen (secondary N) is 1. The summed E-state index contributed by atoms with van der Waals surface area (Å²) in [6.45, 7) is 5.67. The number of pyridine rings is 1. The van der Waals surface area contributed by atoms with E-state index in [9.17, 15) is 23.2 Å². The molecule has 11 heteroatoms. The molecule has 2 aromatic rings. The first-order valence-electron chi connectivity index (χ1n) is 11.8. The van der Waals surface area contributed by atoms with Gasteiger partial charge in [0.05, 0.1) is 20.9 Å². The Morgan fingerprint density at radius 3 is 2.44 bits per heavy atom. The van der Waals surface area contributed by atoms with E-state index in [1.807, 2.05) is 19.6 Å². The number of carbonyl (C=O) groups excluding carboxylic acids is 2. The van der Waals surface area contributed by atoms with Crippen LogP contribution < -0.4 is 15.2 Å². The third-order valence-corrected chi connectivity index (χ3v) is 8.63. The number of halogens is 2. The van der Waals surface area contributed by atoms with Crippen LogP contribution in [0.15, 0.2) is 24.3 Å². The van der Waals surface area contributed by atoms with Crippen LogP contribution in [0.3, 0.4) is 0 Å². The van der Waals surface area contributed by atoms with Gasteiger partial charge in [-0.1, -0.05) is 19.6 Å². The van der Waals surface area contributed by atoms with Gasteiger partial charge in [-0.15, -0.1) is 0 Å². The molecule has 3 atom stereocenters. The molecule has 1 aliphatic heterocycles. The molecule has 2 N–H and O–H groups in total. The second-order valence-corrected chi connectivity index (χ2v) is 15.3. The number of amides is 2. The highest BCUT2D eigenvalue weighted by Gasteiger charge is 2.49. The summed E-state index contributed by atoms with van der Waals surface area (Å²) in [5.74, 6) is -3.75. The van der Waals surface area contributed by atoms with Gasteiger partial charge in [-0.05, 0) is 30.5 Å². The average Bonchev–Trinajstić information content (AvgIpc) is 3.54. The predicted octanol–water partition coefficient (Wildman–Crippen LogP) is 3.09. The molecule has 0 radical (unpaired) electrons. The van der Waals surface area contributed by atoms with Crippen LogP contribution in [-0.2, 0) is 20.8 Å². The van der Waals surface area contributed by atoms with Crippen molar-refractivity contribution in [3.8, 4) is 5.88 Å². The number of hydrogen-bond donors (Lipinski definition) is 2. The number of hydrogen-bond acceptors (Lipinski definition) is 5. The molecule has 1 aliphatic carbocycles. The van der Waals surface area contributed by atoms with E-state index in [1.54, 1.807) is 12.1 Å². The zero-order chi connectivity index (χ0) is 26.4. The van der Waals surface area contributed by atoms with E-state index in [-0.39, 0.29) is 35.7 Å². The lowest BCUT2D eigenvalue weighted by Gasteiger charge is -2.36. The molecule has 2 aliphatic rings. The third kappa shape index (κ3) is 5.11. The van der Waals surface area contributed by atoms with Crippen molar-refractivity contribution in [1.29, 1.82) is 0 Å². The lowest BCUT2D eigenvalue weighted by Crippen LogP contribution is -2.46. The van der Waals surface area contributed by atoms with Crippen LogP contribution in [-0.4, -0.2) is 54.5 Å². The minimum Gasteiger partial charge on any atom is -0.481 e. The molecule has 1 aromatic heterocycles. The summed E-state index contributed by atoms with van der Waals surface area (Å²) in [5.41, 5.74) is 1.03. The topological polar surface area (TPSA) is 109 Å². The van der Waals surface area contributed by atoms with Gasteiger partial charge < -0.3 is 20.1 Å². The number of aliphatic carboxylic acids is 1. The highest BCUT2D eigenvalue weighted by atomic mass is 28.3. The largest absolute Gasteiger partial charge is 0.481 e. The number of carbonyl (C=O) groups is 3. The number of carboxylic acids is 1. The van der Waals surface area contributed by atoms with Crippen LogP contribution in [0.4, 0.5) is 14.5 Å². The fourth-order valence-electron chi connectivity index (χ4n) is 4.88. The highest BCUT2D eigenvalue weighted by Crippen LogP contribution is 2.45. The second-order valence-electron chi connectivity index (χ2n) is 10.3. The highest BCUT2D eigenvalue weighted by molar-refractivity contribution is 6.88. The first-order chi connectivity index (χ1) is 16.9. The van der Waals surface area contributed by atoms with Gasteiger partial charge in [0.25, 0.3) is 5.91 Å². The number of fused-ring (bicyclic) bond motifs is 1. The molecule has 0 spiro atoms. The Balaban J connectivity index is 1.65. The number of aromatic nitrogens is 1. The van der Waals surface area contributed by atoms with Crippen molar-refractivity contribution in [2.24, 2.45) is 11.8 Å². The van der Waals surface area contributed by atoms with E-state index in [0.29, 0.717) is 30.0 Å². The fourth-order valence-corrected chi connectivity index (χ4v) is 6.46. The summed E-state index contributed by atoms with van der Waals surface area (Å²) in [4.78, 5) is 43.7. The zero-order valence-corrected chi connectivity index (χ0v) is 21.6. The van der Waals surface area contributed by atoms with Crippen molar-refractivity contribution in [2.75, 3.05) is 19.0 Å². The molecule has 192 valence electrons. The summed E-state index contributed by atoms with van der Waals surface area (Å²) in [5, 5.41) is 11.7. The van der Waals surface area contributed by atoms with Crippen molar-refractivity contribution in [1.82, 2.24) is 9.88 Å². The minimum atomic E-state index is -2.30. The van der Waals surface area contributed by atoms with Gasteiger partial charge in [0, 0.05) is 47.8 Å². The number of carboxylic acid groups (broad SMARTS) is 1. The maximum Gasteiger partial charge on any atom is 0.303 e. The lowest BCUT2D eigenvalue weighted by molar-refractivity contribution is -0.141. The number of rotatable bonds is 7. The minimum absolute atomic E-state index is 0.0480. The van der Waals surface area contributed by atoms with Crippen molar-refractivity contribution >= 4 is 36.7 Å². The van der Waals surface area contributed by atoms with E-state index in [2.05, 4.69) is 10.3 Å². The van der Waals surface area contributed by atoms with Gasteiger partial charge in [0.2, 0.25) is 11.8 Å². The van der Waals surface area contributed by atoms with Gasteiger partial charge in [-0.2, -0.15) is 0 Å². The fraction of sp³-hybridized carbons (Fsp3) is 0.440. The van der Waals surface area contributed by atoms with Gasteiger partial charge in [-0.25, -0.2) is 13.8 Å². The first-order valence-corrected chi connectivity index (χ1v) is 15.3. The van der Waals surface area contributed by atoms with Gasteiger partial charge >= 0.3 is 5.97 Å². The Kier molecular flexibility index (Phi) is 6.87. The molecule has 1 fully saturated rings. The molecule has 0 saturated heterocycles. The van der Waals surface area contributed by atoms with Crippen molar-refractivity contribution in [3.63, 3.8) is 0 Å². The van der Waals surface area contributed by atoms with Crippen LogP contribution in [0.1, 0.15) is 30.1 Å². The molecule has 2 heterocycles. The lowest BCUT2D eigenvalue weighted by atomic mass is 9.95. The summed E-state index contributed by atoms with van der Waals surface area (Å²) in [6, 6.07) is 4.34. The van der Waals surface area contributed by atoms with Crippen molar-refractivity contribution in [3.05, 3.63) is 47.2 Å². The smallest absolute Gasteiger partial charge is 0.303 e. The number of benzene rings is 1. The number of ether oxygens (including phenoxy) is 1. The van der Waals surface area contributed by atoms with E-state index < -0.39 is 43.5 Å². The Hall–Kier alpha value is -3.34.